The second kappa shape index (κ2) is 32.4. The summed E-state index contributed by atoms with van der Waals surface area (Å²) in [5.74, 6) is 2.83. The summed E-state index contributed by atoms with van der Waals surface area (Å²) in [6, 6.07) is 59.6. The summed E-state index contributed by atoms with van der Waals surface area (Å²) in [6.45, 7) is 35.0. The molecule has 12 rings (SSSR count). The van der Waals surface area contributed by atoms with Crippen molar-refractivity contribution in [1.82, 2.24) is 0 Å². The lowest BCUT2D eigenvalue weighted by Crippen LogP contribution is -2.09. The van der Waals surface area contributed by atoms with Gasteiger partial charge in [0.2, 0.25) is 0 Å². The van der Waals surface area contributed by atoms with Gasteiger partial charge in [0.25, 0.3) is 0 Å². The Morgan fingerprint density at radius 2 is 0.381 bits per heavy atom. The fraction of sp³-hybridized carbons (Fsp3) is 0.234. The number of phenolic OH excluding ortho intramolecular Hbond substituents is 11. The normalized spacial score (nSPS) is 11.1. The molecule has 0 aromatic heterocycles. The van der Waals surface area contributed by atoms with Crippen molar-refractivity contribution in [1.29, 1.82) is 0 Å². The fourth-order valence-electron chi connectivity index (χ4n) is 14.4. The molecule has 105 heavy (non-hydrogen) atoms. The van der Waals surface area contributed by atoms with Crippen molar-refractivity contribution in [3.05, 3.63) is 355 Å². The molecule has 0 aliphatic heterocycles. The van der Waals surface area contributed by atoms with Crippen LogP contribution in [-0.4, -0.2) is 56.2 Å². The van der Waals surface area contributed by atoms with Gasteiger partial charge in [-0.2, -0.15) is 0 Å². The molecule has 0 heterocycles. The summed E-state index contributed by atoms with van der Waals surface area (Å²) in [6.07, 6.45) is 0. The Morgan fingerprint density at radius 3 is 0.638 bits per heavy atom. The van der Waals surface area contributed by atoms with Gasteiger partial charge in [-0.15, -0.1) is 0 Å². The molecule has 0 saturated heterocycles. The Balaban J connectivity index is 0.000000162. The van der Waals surface area contributed by atoms with E-state index in [-0.39, 0.29) is 69.7 Å². The van der Waals surface area contributed by atoms with Gasteiger partial charge in [0.05, 0.1) is 0 Å². The summed E-state index contributed by atoms with van der Waals surface area (Å²) in [7, 11) is 0. The molecule has 0 atom stereocenters. The number of aromatic hydroxyl groups is 11. The van der Waals surface area contributed by atoms with E-state index in [1.807, 2.05) is 228 Å². The van der Waals surface area contributed by atoms with Crippen molar-refractivity contribution >= 4 is 0 Å². The number of rotatable bonds is 12. The SMILES string of the molecule is Cc1cc(C(c2cc(C)c(O)c(C)c2)c2cc(C)c(O)cc2C)c(C)cc1O.Cc1cc(C(c2cc(C)c(O)cc2C)c2ccccc2O)c(C)cc1O.Cc1cc(C(c2ccc(O)cc2)c2cc(C)c(O)cc2C)c(C)cc1O.Cc1cc(C(c2ccccc2)c2cc(C)c(O)cc2C)c(C)cc1O. The smallest absolute Gasteiger partial charge is 0.121 e. The Hall–Kier alpha value is -11.6. The minimum Gasteiger partial charge on any atom is -0.508 e. The molecular weight excluding hydrogens is 1310 g/mol. The Labute approximate surface area is 619 Å². The standard InChI is InChI=1S/C25H28O3.2C23H24O3.C23H24O2/c1-13-11-22(26)15(3)9-20(13)24(19-7-17(5)25(28)18(6)8-19)21-10-16(4)23(27)12-14(21)2;1-13-11-21(25)15(3)9-19(13)23(17-5-7-18(24)8-6-17)20-10-16(4)22(26)12-14(20)2;1-13-11-21(25)15(3)9-18(13)23(17-7-5-6-8-20(17)24)19-10-16(4)22(26)12-14(19)2;1-14-12-21(24)16(3)10-19(14)23(18-8-6-5-7-9-18)20-11-17(4)22(25)13-15(20)2/h7-12,24,26-28H,1-6H3;2*5-12,23-26H,1-4H3;5-13,23-25H,1-4H3. The highest BCUT2D eigenvalue weighted by Gasteiger charge is 2.29. The number of aryl methyl sites for hydroxylation is 18. The number of benzene rings is 12. The molecular formula is C94H100O11. The molecule has 11 N–H and O–H groups in total. The van der Waals surface area contributed by atoms with Crippen molar-refractivity contribution < 1.29 is 56.2 Å². The quantitative estimate of drug-likeness (QED) is 0.0517. The molecule has 0 spiro atoms. The minimum absolute atomic E-state index is 0.0554. The van der Waals surface area contributed by atoms with Crippen LogP contribution in [0, 0.1) is 125 Å². The molecule has 12 aromatic rings. The summed E-state index contributed by atoms with van der Waals surface area (Å²) in [5, 5.41) is 111. The van der Waals surface area contributed by atoms with Crippen LogP contribution < -0.4 is 0 Å². The van der Waals surface area contributed by atoms with Gasteiger partial charge in [-0.3, -0.25) is 0 Å². The van der Waals surface area contributed by atoms with Crippen LogP contribution in [0.2, 0.25) is 0 Å². The summed E-state index contributed by atoms with van der Waals surface area (Å²) in [5.41, 5.74) is 29.2. The average Bonchev–Trinajstić information content (AvgIpc) is 0.788. The molecule has 11 nitrogen and oxygen atoms in total. The highest BCUT2D eigenvalue weighted by atomic mass is 16.3. The third kappa shape index (κ3) is 17.2. The molecule has 0 bridgehead atoms. The monoisotopic (exact) mass is 1400 g/mol. The summed E-state index contributed by atoms with van der Waals surface area (Å²) >= 11 is 0. The lowest BCUT2D eigenvalue weighted by molar-refractivity contribution is 0.465. The largest absolute Gasteiger partial charge is 0.508 e. The van der Waals surface area contributed by atoms with Crippen LogP contribution >= 0.6 is 0 Å². The van der Waals surface area contributed by atoms with Crippen molar-refractivity contribution in [3.8, 4) is 63.2 Å². The Kier molecular flexibility index (Phi) is 23.9. The number of phenols is 11. The number of hydrogen-bond acceptors (Lipinski definition) is 11. The van der Waals surface area contributed by atoms with Gasteiger partial charge in [-0.05, 0) is 353 Å². The van der Waals surface area contributed by atoms with E-state index in [4.69, 9.17) is 0 Å². The predicted molar refractivity (Wildman–Crippen MR) is 425 cm³/mol. The highest BCUT2D eigenvalue weighted by Crippen LogP contribution is 2.46. The van der Waals surface area contributed by atoms with Gasteiger partial charge in [0.1, 0.15) is 63.2 Å². The van der Waals surface area contributed by atoms with Crippen LogP contribution in [0.3, 0.4) is 0 Å². The maximum absolute atomic E-state index is 10.5. The van der Waals surface area contributed by atoms with E-state index in [0.29, 0.717) is 17.2 Å². The van der Waals surface area contributed by atoms with E-state index >= 15 is 0 Å². The van der Waals surface area contributed by atoms with Gasteiger partial charge in [-0.25, -0.2) is 0 Å². The lowest BCUT2D eigenvalue weighted by Gasteiger charge is -2.25. The third-order valence-electron chi connectivity index (χ3n) is 20.6. The first kappa shape index (κ1) is 77.6. The lowest BCUT2D eigenvalue weighted by atomic mass is 9.79. The first-order valence-electron chi connectivity index (χ1n) is 35.4. The van der Waals surface area contributed by atoms with Gasteiger partial charge < -0.3 is 56.2 Å². The van der Waals surface area contributed by atoms with Gasteiger partial charge in [-0.1, -0.05) is 121 Å². The predicted octanol–water partition coefficient (Wildman–Crippen LogP) is 21.8. The molecule has 0 aliphatic rings. The van der Waals surface area contributed by atoms with Crippen LogP contribution in [0.1, 0.15) is 191 Å². The van der Waals surface area contributed by atoms with Crippen LogP contribution in [0.4, 0.5) is 0 Å². The molecule has 0 saturated carbocycles. The first-order chi connectivity index (χ1) is 49.5. The molecule has 12 aromatic carbocycles. The zero-order chi connectivity index (χ0) is 76.9. The van der Waals surface area contributed by atoms with Gasteiger partial charge in [0, 0.05) is 29.2 Å². The van der Waals surface area contributed by atoms with E-state index < -0.39 is 0 Å². The van der Waals surface area contributed by atoms with Crippen LogP contribution in [0.25, 0.3) is 0 Å². The molecule has 0 amide bonds. The summed E-state index contributed by atoms with van der Waals surface area (Å²) in [4.78, 5) is 0. The molecule has 0 fully saturated rings. The second-order valence-corrected chi connectivity index (χ2v) is 28.8. The van der Waals surface area contributed by atoms with E-state index in [9.17, 15) is 56.2 Å². The van der Waals surface area contributed by atoms with Crippen molar-refractivity contribution in [2.45, 2.75) is 148 Å². The maximum atomic E-state index is 10.5. The first-order valence-corrected chi connectivity index (χ1v) is 35.4. The van der Waals surface area contributed by atoms with Crippen LogP contribution in [-0.2, 0) is 0 Å². The van der Waals surface area contributed by atoms with E-state index in [1.54, 1.807) is 60.7 Å². The zero-order valence-corrected chi connectivity index (χ0v) is 63.6. The van der Waals surface area contributed by atoms with Crippen LogP contribution in [0.15, 0.2) is 188 Å². The number of hydrogen-bond donors (Lipinski definition) is 11. The fourth-order valence-corrected chi connectivity index (χ4v) is 14.4. The van der Waals surface area contributed by atoms with Crippen molar-refractivity contribution in [3.63, 3.8) is 0 Å². The molecule has 0 aliphatic carbocycles. The average molecular weight is 1410 g/mol. The van der Waals surface area contributed by atoms with E-state index in [1.165, 1.54) is 16.7 Å². The minimum atomic E-state index is -0.199. The Morgan fingerprint density at radius 1 is 0.162 bits per heavy atom. The van der Waals surface area contributed by atoms with Crippen LogP contribution in [0.5, 0.6) is 63.2 Å². The van der Waals surface area contributed by atoms with Crippen molar-refractivity contribution in [2.75, 3.05) is 0 Å². The molecule has 542 valence electrons. The van der Waals surface area contributed by atoms with E-state index in [0.717, 1.165) is 150 Å². The molecule has 0 radical (unpaired) electrons. The number of para-hydroxylation sites is 1. The third-order valence-corrected chi connectivity index (χ3v) is 20.6. The van der Waals surface area contributed by atoms with E-state index in [2.05, 4.69) is 24.3 Å². The van der Waals surface area contributed by atoms with Gasteiger partial charge in [0.15, 0.2) is 0 Å². The highest BCUT2D eigenvalue weighted by molar-refractivity contribution is 5.61. The Bertz CT molecular complexity index is 4950. The summed E-state index contributed by atoms with van der Waals surface area (Å²) < 4.78 is 0. The second-order valence-electron chi connectivity index (χ2n) is 28.8. The molecule has 0 unspecified atom stereocenters. The molecule has 11 heteroatoms. The topological polar surface area (TPSA) is 223 Å². The van der Waals surface area contributed by atoms with Gasteiger partial charge >= 0.3 is 0 Å². The van der Waals surface area contributed by atoms with Crippen molar-refractivity contribution in [2.24, 2.45) is 0 Å². The zero-order valence-electron chi connectivity index (χ0n) is 63.6. The maximum Gasteiger partial charge on any atom is 0.121 e.